The molecule has 0 spiro atoms. The third-order valence-corrected chi connectivity index (χ3v) is 5.95. The van der Waals surface area contributed by atoms with Gasteiger partial charge in [0.1, 0.15) is 18.2 Å². The number of likely N-dealkylation sites (tertiary alicyclic amines) is 1. The molecular formula is C24H27F3N6O4. The van der Waals surface area contributed by atoms with Gasteiger partial charge in [-0.25, -0.2) is 9.50 Å². The number of halogens is 3. The predicted molar refractivity (Wildman–Crippen MR) is 123 cm³/mol. The maximum Gasteiger partial charge on any atom is 0.430 e. The van der Waals surface area contributed by atoms with Crippen molar-refractivity contribution >= 4 is 23.4 Å². The van der Waals surface area contributed by atoms with Crippen LogP contribution in [0.3, 0.4) is 0 Å². The van der Waals surface area contributed by atoms with Gasteiger partial charge in [0.05, 0.1) is 0 Å². The number of likely N-dealkylation sites (N-methyl/N-ethyl adjacent to an activating group) is 1. The maximum absolute atomic E-state index is 13.0. The number of alkyl halides is 3. The van der Waals surface area contributed by atoms with Crippen molar-refractivity contribution in [2.75, 3.05) is 27.2 Å². The van der Waals surface area contributed by atoms with E-state index in [1.165, 1.54) is 11.2 Å². The molecule has 2 aromatic heterocycles. The fourth-order valence-electron chi connectivity index (χ4n) is 4.01. The highest BCUT2D eigenvalue weighted by Gasteiger charge is 2.39. The minimum atomic E-state index is -5.19. The van der Waals surface area contributed by atoms with Crippen molar-refractivity contribution in [3.05, 3.63) is 54.5 Å². The normalized spacial score (nSPS) is 15.0. The van der Waals surface area contributed by atoms with Crippen LogP contribution in [-0.2, 0) is 14.4 Å². The highest BCUT2D eigenvalue weighted by Crippen LogP contribution is 2.26. The van der Waals surface area contributed by atoms with Crippen molar-refractivity contribution in [2.45, 2.75) is 31.0 Å². The summed E-state index contributed by atoms with van der Waals surface area (Å²) in [5.41, 5.74) is 7.69. The second kappa shape index (κ2) is 11.4. The topological polar surface area (TPSA) is 139 Å². The minimum absolute atomic E-state index is 0.0478. The molecular weight excluding hydrogens is 493 g/mol. The summed E-state index contributed by atoms with van der Waals surface area (Å²) in [4.78, 5) is 42.2. The molecule has 0 aliphatic carbocycles. The van der Waals surface area contributed by atoms with E-state index in [1.807, 2.05) is 47.5 Å². The van der Waals surface area contributed by atoms with Gasteiger partial charge in [0.25, 0.3) is 5.91 Å². The molecule has 3 aromatic rings. The number of hydrogen-bond donors (Lipinski definition) is 1. The highest BCUT2D eigenvalue weighted by atomic mass is 19.4. The molecule has 1 aromatic carbocycles. The molecule has 3 heterocycles. The number of carbonyl (C=O) groups is 3. The zero-order valence-corrected chi connectivity index (χ0v) is 20.3. The Labute approximate surface area is 210 Å². The number of hydrogen-bond acceptors (Lipinski definition) is 6. The fraction of sp³-hybridized carbons (Fsp3) is 0.375. The fourth-order valence-corrected chi connectivity index (χ4v) is 4.01. The van der Waals surface area contributed by atoms with Gasteiger partial charge < -0.3 is 25.4 Å². The van der Waals surface area contributed by atoms with Gasteiger partial charge in [0.15, 0.2) is 11.7 Å². The summed E-state index contributed by atoms with van der Waals surface area (Å²) in [5, 5.41) is 13.0. The summed E-state index contributed by atoms with van der Waals surface area (Å²) in [6.45, 7) is 1.49. The first-order valence-electron chi connectivity index (χ1n) is 11.4. The zero-order valence-electron chi connectivity index (χ0n) is 20.3. The summed E-state index contributed by atoms with van der Waals surface area (Å²) in [7, 11) is 3.42. The molecule has 1 aliphatic heterocycles. The van der Waals surface area contributed by atoms with Gasteiger partial charge in [-0.3, -0.25) is 9.59 Å². The van der Waals surface area contributed by atoms with E-state index in [9.17, 15) is 22.8 Å². The van der Waals surface area contributed by atoms with E-state index in [1.54, 1.807) is 18.6 Å². The van der Waals surface area contributed by atoms with Gasteiger partial charge in [-0.1, -0.05) is 24.3 Å². The van der Waals surface area contributed by atoms with Crippen LogP contribution < -0.4 is 10.8 Å². The monoisotopic (exact) mass is 520 g/mol. The van der Waals surface area contributed by atoms with Crippen LogP contribution >= 0.6 is 0 Å². The lowest BCUT2D eigenvalue weighted by Crippen LogP contribution is -2.71. The predicted octanol–water partition coefficient (Wildman–Crippen LogP) is 0.0996. The van der Waals surface area contributed by atoms with E-state index in [0.29, 0.717) is 0 Å². The van der Waals surface area contributed by atoms with E-state index in [2.05, 4.69) is 15.8 Å². The van der Waals surface area contributed by atoms with Gasteiger partial charge >= 0.3 is 6.18 Å². The van der Waals surface area contributed by atoms with E-state index in [4.69, 9.17) is 9.90 Å². The molecule has 0 unspecified atom stereocenters. The van der Waals surface area contributed by atoms with Crippen LogP contribution in [0.2, 0.25) is 0 Å². The molecule has 10 nitrogen and oxygen atoms in total. The van der Waals surface area contributed by atoms with Gasteiger partial charge in [-0.05, 0) is 36.1 Å². The summed E-state index contributed by atoms with van der Waals surface area (Å²) in [6.07, 6.45) is 0.261. The first kappa shape index (κ1) is 27.6. The molecule has 0 bridgehead atoms. The van der Waals surface area contributed by atoms with Crippen LogP contribution in [0.1, 0.15) is 24.3 Å². The van der Waals surface area contributed by atoms with Crippen LogP contribution in [0.4, 0.5) is 13.2 Å². The Morgan fingerprint density at radius 1 is 1.03 bits per heavy atom. The lowest BCUT2D eigenvalue weighted by atomic mass is 9.88. The van der Waals surface area contributed by atoms with Crippen LogP contribution in [0.25, 0.3) is 16.8 Å². The first-order chi connectivity index (χ1) is 17.4. The third kappa shape index (κ3) is 6.61. The number of fused-ring (bicyclic) bond motifs is 1. The van der Waals surface area contributed by atoms with Gasteiger partial charge in [0, 0.05) is 38.9 Å². The number of benzene rings is 1. The van der Waals surface area contributed by atoms with Crippen molar-refractivity contribution in [3.63, 3.8) is 0 Å². The van der Waals surface area contributed by atoms with Crippen molar-refractivity contribution < 1.29 is 38.4 Å². The largest absolute Gasteiger partial charge is 0.542 e. The molecule has 0 saturated carbocycles. The van der Waals surface area contributed by atoms with Gasteiger partial charge in [-0.15, -0.1) is 0 Å². The van der Waals surface area contributed by atoms with Crippen LogP contribution in [0, 0.1) is 0 Å². The molecule has 3 N–H and O–H groups in total. The Morgan fingerprint density at radius 3 is 2.14 bits per heavy atom. The number of carboxylic acids is 1. The molecule has 4 rings (SSSR count). The van der Waals surface area contributed by atoms with Crippen molar-refractivity contribution in [3.8, 4) is 11.1 Å². The maximum atomic E-state index is 13.0. The van der Waals surface area contributed by atoms with Crippen molar-refractivity contribution in [1.82, 2.24) is 24.4 Å². The number of quaternary nitrogens is 1. The van der Waals surface area contributed by atoms with E-state index >= 15 is 0 Å². The first-order valence-corrected chi connectivity index (χ1v) is 11.4. The lowest BCUT2D eigenvalue weighted by Gasteiger charge is -2.26. The second-order valence-corrected chi connectivity index (χ2v) is 8.74. The average molecular weight is 521 g/mol. The van der Waals surface area contributed by atoms with Crippen LogP contribution in [0.5, 0.6) is 0 Å². The number of carbonyl (C=O) groups excluding carboxylic acids is 3. The summed E-state index contributed by atoms with van der Waals surface area (Å²) >= 11 is 0. The Bertz CT molecular complexity index is 1250. The van der Waals surface area contributed by atoms with Crippen LogP contribution in [-0.4, -0.2) is 81.6 Å². The Kier molecular flexibility index (Phi) is 8.48. The minimum Gasteiger partial charge on any atom is -0.542 e. The summed E-state index contributed by atoms with van der Waals surface area (Å²) < 4.78 is 33.3. The van der Waals surface area contributed by atoms with E-state index in [-0.39, 0.29) is 11.8 Å². The number of aromatic nitrogens is 3. The summed E-state index contributed by atoms with van der Waals surface area (Å²) in [5.74, 6) is -3.78. The number of amides is 2. The second-order valence-electron chi connectivity index (χ2n) is 8.74. The molecule has 2 atom stereocenters. The van der Waals surface area contributed by atoms with E-state index in [0.717, 1.165) is 48.3 Å². The molecule has 2 amide bonds. The smallest absolute Gasteiger partial charge is 0.430 e. The van der Waals surface area contributed by atoms with Gasteiger partial charge in [-0.2, -0.15) is 18.3 Å². The lowest BCUT2D eigenvalue weighted by molar-refractivity contribution is -0.409. The van der Waals surface area contributed by atoms with Crippen LogP contribution in [0.15, 0.2) is 48.9 Å². The van der Waals surface area contributed by atoms with Gasteiger partial charge in [0.2, 0.25) is 5.91 Å². The summed E-state index contributed by atoms with van der Waals surface area (Å²) in [6, 6.07) is 11.0. The zero-order chi connectivity index (χ0) is 27.3. The Balaban J connectivity index is 0.000000479. The molecule has 1 saturated heterocycles. The average Bonchev–Trinajstić information content (AvgIpc) is 3.55. The number of carboxylic acid groups (broad SMARTS) is 1. The molecule has 13 heteroatoms. The SMILES string of the molecule is CN(C)C(=O)[C@@H](c1ccc(-c2ccc3ncnn3c2)cc1)[C@H]([NH3+])C(=O)N1CCCC1.O=C([O-])C(F)(F)F. The Hall–Kier alpha value is -4.00. The molecule has 0 radical (unpaired) electrons. The number of pyridine rings is 1. The number of nitrogens with zero attached hydrogens (tertiary/aromatic N) is 5. The standard InChI is InChI=1S/C22H26N6O2.C2HF3O2/c1-26(2)21(29)19(20(23)22(30)27-11-3-4-12-27)16-7-5-15(6-8-16)17-9-10-18-24-14-25-28(18)13-17;3-2(4,5)1(6)7/h5-10,13-14,19-20H,3-4,11-12,23H2,1-2H3;(H,6,7)/t19-,20-;/m0./s1. The van der Waals surface area contributed by atoms with E-state index < -0.39 is 24.1 Å². The highest BCUT2D eigenvalue weighted by molar-refractivity contribution is 5.92. The van der Waals surface area contributed by atoms with Crippen molar-refractivity contribution in [1.29, 1.82) is 0 Å². The third-order valence-electron chi connectivity index (χ3n) is 5.95. The molecule has 1 aliphatic rings. The Morgan fingerprint density at radius 2 is 1.59 bits per heavy atom. The molecule has 198 valence electrons. The molecule has 1 fully saturated rings. The quantitative estimate of drug-likeness (QED) is 0.506. The van der Waals surface area contributed by atoms with Crippen molar-refractivity contribution in [2.24, 2.45) is 0 Å². The number of rotatable bonds is 5. The number of aliphatic carboxylic acids is 1. The molecule has 37 heavy (non-hydrogen) atoms.